The van der Waals surface area contributed by atoms with Gasteiger partial charge in [-0.2, -0.15) is 0 Å². The molecule has 0 saturated carbocycles. The molecule has 132 valence electrons. The number of hydrogen-bond acceptors (Lipinski definition) is 2. The van der Waals surface area contributed by atoms with Crippen molar-refractivity contribution >= 4 is 11.9 Å². The van der Waals surface area contributed by atoms with Crippen molar-refractivity contribution in [3.05, 3.63) is 71.5 Å². The topological polar surface area (TPSA) is 70.2 Å². The molecule has 6 heteroatoms. The van der Waals surface area contributed by atoms with Crippen molar-refractivity contribution in [1.29, 1.82) is 0 Å². The molecule has 2 rings (SSSR count). The van der Waals surface area contributed by atoms with Crippen LogP contribution in [0.1, 0.15) is 35.3 Å². The van der Waals surface area contributed by atoms with Crippen LogP contribution in [-0.4, -0.2) is 25.0 Å². The van der Waals surface area contributed by atoms with Crippen LogP contribution in [0.4, 0.5) is 9.18 Å². The number of carbonyl (C=O) groups excluding carboxylic acids is 2. The number of halogens is 1. The molecule has 0 fully saturated rings. The summed E-state index contributed by atoms with van der Waals surface area (Å²) in [4.78, 5) is 23.6. The molecule has 0 aliphatic rings. The van der Waals surface area contributed by atoms with Crippen LogP contribution in [0.3, 0.4) is 0 Å². The summed E-state index contributed by atoms with van der Waals surface area (Å²) in [5, 5.41) is 8.20. The van der Waals surface area contributed by atoms with E-state index < -0.39 is 11.7 Å². The number of benzene rings is 2. The maximum Gasteiger partial charge on any atom is 0.315 e. The summed E-state index contributed by atoms with van der Waals surface area (Å²) in [6.45, 7) is 2.66. The van der Waals surface area contributed by atoms with Crippen molar-refractivity contribution in [2.75, 3.05) is 13.1 Å². The van der Waals surface area contributed by atoms with Gasteiger partial charge in [-0.25, -0.2) is 9.18 Å². The van der Waals surface area contributed by atoms with Crippen LogP contribution in [0.5, 0.6) is 0 Å². The average molecular weight is 343 g/mol. The zero-order valence-electron chi connectivity index (χ0n) is 14.1. The fraction of sp³-hybridized carbons (Fsp3) is 0.263. The van der Waals surface area contributed by atoms with Crippen molar-refractivity contribution in [2.24, 2.45) is 0 Å². The summed E-state index contributed by atoms with van der Waals surface area (Å²) >= 11 is 0. The van der Waals surface area contributed by atoms with Crippen LogP contribution < -0.4 is 16.0 Å². The van der Waals surface area contributed by atoms with Gasteiger partial charge in [0.05, 0.1) is 11.6 Å². The standard InChI is InChI=1S/C19H22FN3O2/c1-14(15-8-3-2-4-9-15)23-19(25)22-13-7-12-21-18(24)16-10-5-6-11-17(16)20/h2-6,8-11,14H,7,12-13H2,1H3,(H,21,24)(H2,22,23,25). The molecule has 0 heterocycles. The molecule has 25 heavy (non-hydrogen) atoms. The number of rotatable bonds is 7. The summed E-state index contributed by atoms with van der Waals surface area (Å²) in [7, 11) is 0. The Kier molecular flexibility index (Phi) is 6.95. The summed E-state index contributed by atoms with van der Waals surface area (Å²) in [6, 6.07) is 15.1. The van der Waals surface area contributed by atoms with Crippen LogP contribution in [0.15, 0.2) is 54.6 Å². The van der Waals surface area contributed by atoms with Gasteiger partial charge in [0.1, 0.15) is 5.82 Å². The Bertz CT molecular complexity index is 707. The lowest BCUT2D eigenvalue weighted by atomic mass is 10.1. The Balaban J connectivity index is 1.63. The van der Waals surface area contributed by atoms with Crippen molar-refractivity contribution in [1.82, 2.24) is 16.0 Å². The van der Waals surface area contributed by atoms with Gasteiger partial charge in [0, 0.05) is 13.1 Å². The molecule has 0 bridgehead atoms. The van der Waals surface area contributed by atoms with E-state index in [9.17, 15) is 14.0 Å². The number of urea groups is 1. The van der Waals surface area contributed by atoms with E-state index in [2.05, 4.69) is 16.0 Å². The van der Waals surface area contributed by atoms with Gasteiger partial charge in [0.2, 0.25) is 0 Å². The minimum Gasteiger partial charge on any atom is -0.352 e. The lowest BCUT2D eigenvalue weighted by Crippen LogP contribution is -2.38. The fourth-order valence-electron chi connectivity index (χ4n) is 2.31. The zero-order chi connectivity index (χ0) is 18.1. The van der Waals surface area contributed by atoms with E-state index in [0.717, 1.165) is 5.56 Å². The van der Waals surface area contributed by atoms with Gasteiger partial charge in [-0.1, -0.05) is 42.5 Å². The van der Waals surface area contributed by atoms with Crippen molar-refractivity contribution in [3.63, 3.8) is 0 Å². The van der Waals surface area contributed by atoms with Gasteiger partial charge in [-0.3, -0.25) is 4.79 Å². The highest BCUT2D eigenvalue weighted by molar-refractivity contribution is 5.94. The first-order chi connectivity index (χ1) is 12.1. The third kappa shape index (κ3) is 5.91. The Labute approximate surface area is 146 Å². The first kappa shape index (κ1) is 18.4. The van der Waals surface area contributed by atoms with E-state index in [0.29, 0.717) is 19.5 Å². The maximum atomic E-state index is 13.5. The lowest BCUT2D eigenvalue weighted by Gasteiger charge is -2.15. The molecule has 3 amide bonds. The van der Waals surface area contributed by atoms with Crippen LogP contribution in [0.2, 0.25) is 0 Å². The molecule has 0 spiro atoms. The molecule has 0 radical (unpaired) electrons. The Hall–Kier alpha value is -2.89. The van der Waals surface area contributed by atoms with E-state index in [-0.39, 0.29) is 17.6 Å². The van der Waals surface area contributed by atoms with Gasteiger partial charge >= 0.3 is 6.03 Å². The molecular formula is C19H22FN3O2. The summed E-state index contributed by atoms with van der Waals surface area (Å²) in [5.74, 6) is -1.01. The molecular weight excluding hydrogens is 321 g/mol. The van der Waals surface area contributed by atoms with Gasteiger partial charge in [-0.05, 0) is 31.0 Å². The minimum atomic E-state index is -0.549. The molecule has 3 N–H and O–H groups in total. The quantitative estimate of drug-likeness (QED) is 0.677. The molecule has 0 aromatic heterocycles. The van der Waals surface area contributed by atoms with Gasteiger partial charge < -0.3 is 16.0 Å². The predicted octanol–water partition coefficient (Wildman–Crippen LogP) is 3.01. The Morgan fingerprint density at radius 1 is 0.960 bits per heavy atom. The number of hydrogen-bond donors (Lipinski definition) is 3. The Morgan fingerprint density at radius 3 is 2.32 bits per heavy atom. The van der Waals surface area contributed by atoms with E-state index in [1.807, 2.05) is 37.3 Å². The zero-order valence-corrected chi connectivity index (χ0v) is 14.1. The molecule has 2 aromatic carbocycles. The highest BCUT2D eigenvalue weighted by Gasteiger charge is 2.10. The maximum absolute atomic E-state index is 13.5. The molecule has 5 nitrogen and oxygen atoms in total. The third-order valence-electron chi connectivity index (χ3n) is 3.69. The predicted molar refractivity (Wildman–Crippen MR) is 94.7 cm³/mol. The molecule has 2 aromatic rings. The minimum absolute atomic E-state index is 0.0184. The van der Waals surface area contributed by atoms with Crippen LogP contribution in [0.25, 0.3) is 0 Å². The third-order valence-corrected chi connectivity index (χ3v) is 3.69. The molecule has 0 saturated heterocycles. The van der Waals surface area contributed by atoms with Gasteiger partial charge in [0.15, 0.2) is 0 Å². The van der Waals surface area contributed by atoms with Crippen molar-refractivity contribution < 1.29 is 14.0 Å². The molecule has 1 atom stereocenters. The number of carbonyl (C=O) groups is 2. The smallest absolute Gasteiger partial charge is 0.315 e. The van der Waals surface area contributed by atoms with E-state index in [1.165, 1.54) is 18.2 Å². The van der Waals surface area contributed by atoms with E-state index in [1.54, 1.807) is 6.07 Å². The van der Waals surface area contributed by atoms with Gasteiger partial charge in [0.25, 0.3) is 5.91 Å². The molecule has 0 aliphatic heterocycles. The number of nitrogens with one attached hydrogen (secondary N) is 3. The monoisotopic (exact) mass is 343 g/mol. The van der Waals surface area contributed by atoms with Gasteiger partial charge in [-0.15, -0.1) is 0 Å². The summed E-state index contributed by atoms with van der Waals surface area (Å²) < 4.78 is 13.5. The van der Waals surface area contributed by atoms with Crippen LogP contribution in [0, 0.1) is 5.82 Å². The van der Waals surface area contributed by atoms with E-state index in [4.69, 9.17) is 0 Å². The second kappa shape index (κ2) is 9.42. The SMILES string of the molecule is CC(NC(=O)NCCCNC(=O)c1ccccc1F)c1ccccc1. The number of amides is 3. The average Bonchev–Trinajstić information content (AvgIpc) is 2.62. The summed E-state index contributed by atoms with van der Waals surface area (Å²) in [6.07, 6.45) is 0.549. The second-order valence-electron chi connectivity index (χ2n) is 5.62. The van der Waals surface area contributed by atoms with Crippen LogP contribution >= 0.6 is 0 Å². The first-order valence-corrected chi connectivity index (χ1v) is 8.20. The lowest BCUT2D eigenvalue weighted by molar-refractivity contribution is 0.0949. The van der Waals surface area contributed by atoms with Crippen LogP contribution in [-0.2, 0) is 0 Å². The molecule has 0 aliphatic carbocycles. The Morgan fingerprint density at radius 2 is 1.60 bits per heavy atom. The first-order valence-electron chi connectivity index (χ1n) is 8.20. The summed E-state index contributed by atoms with van der Waals surface area (Å²) in [5.41, 5.74) is 1.04. The van der Waals surface area contributed by atoms with Crippen molar-refractivity contribution in [2.45, 2.75) is 19.4 Å². The largest absolute Gasteiger partial charge is 0.352 e. The normalized spacial score (nSPS) is 11.4. The highest BCUT2D eigenvalue weighted by Crippen LogP contribution is 2.10. The van der Waals surface area contributed by atoms with E-state index >= 15 is 0 Å². The highest BCUT2D eigenvalue weighted by atomic mass is 19.1. The molecule has 1 unspecified atom stereocenters. The second-order valence-corrected chi connectivity index (χ2v) is 5.62. The fourth-order valence-corrected chi connectivity index (χ4v) is 2.31. The van der Waals surface area contributed by atoms with Crippen molar-refractivity contribution in [3.8, 4) is 0 Å².